The number of methoxy groups -OCH3 is 1. The topological polar surface area (TPSA) is 78.8 Å². The highest BCUT2D eigenvalue weighted by molar-refractivity contribution is 5.94. The van der Waals surface area contributed by atoms with Crippen molar-refractivity contribution in [2.45, 2.75) is 12.0 Å². The minimum absolute atomic E-state index is 0.336. The lowest BCUT2D eigenvalue weighted by molar-refractivity contribution is 0.0667. The molecule has 1 amide bonds. The van der Waals surface area contributed by atoms with Gasteiger partial charge in [-0.15, -0.1) is 0 Å². The largest absolute Gasteiger partial charge is 0.497 e. The van der Waals surface area contributed by atoms with Crippen LogP contribution in [0.25, 0.3) is 0 Å². The Morgan fingerprint density at radius 3 is 2.17 bits per heavy atom. The van der Waals surface area contributed by atoms with Gasteiger partial charge in [-0.2, -0.15) is 0 Å². The summed E-state index contributed by atoms with van der Waals surface area (Å²) in [5.41, 5.74) is 0.244. The maximum absolute atomic E-state index is 12.4. The van der Waals surface area contributed by atoms with E-state index in [1.54, 1.807) is 31.4 Å². The van der Waals surface area contributed by atoms with Crippen molar-refractivity contribution in [1.29, 1.82) is 0 Å². The van der Waals surface area contributed by atoms with E-state index in [9.17, 15) is 15.0 Å². The summed E-state index contributed by atoms with van der Waals surface area (Å²) in [7, 11) is 1.55. The highest BCUT2D eigenvalue weighted by Gasteiger charge is 2.31. The second kappa shape index (κ2) is 7.76. The second-order valence-electron chi connectivity index (χ2n) is 5.44. The molecule has 2 rings (SSSR count). The van der Waals surface area contributed by atoms with Crippen LogP contribution in [0.3, 0.4) is 0 Å². The fourth-order valence-corrected chi connectivity index (χ4v) is 2.33. The van der Waals surface area contributed by atoms with Gasteiger partial charge in [0.2, 0.25) is 0 Å². The molecule has 0 heterocycles. The summed E-state index contributed by atoms with van der Waals surface area (Å²) in [6.07, 6.45) is 0.336. The quantitative estimate of drug-likeness (QED) is 0.721. The smallest absolute Gasteiger partial charge is 0.251 e. The van der Waals surface area contributed by atoms with Gasteiger partial charge < -0.3 is 20.3 Å². The Kier molecular flexibility index (Phi) is 5.73. The number of rotatable bonds is 7. The third kappa shape index (κ3) is 4.31. The van der Waals surface area contributed by atoms with Crippen molar-refractivity contribution in [3.8, 4) is 5.75 Å². The van der Waals surface area contributed by atoms with E-state index in [1.807, 2.05) is 30.3 Å². The highest BCUT2D eigenvalue weighted by atomic mass is 16.5. The number of carbonyl (C=O) groups excluding carboxylic acids is 1. The lowest BCUT2D eigenvalue weighted by atomic mass is 9.91. The number of carbonyl (C=O) groups is 1. The molecule has 122 valence electrons. The third-order valence-corrected chi connectivity index (χ3v) is 3.72. The highest BCUT2D eigenvalue weighted by Crippen LogP contribution is 2.16. The number of benzene rings is 2. The Morgan fingerprint density at radius 2 is 1.65 bits per heavy atom. The average Bonchev–Trinajstić information content (AvgIpc) is 2.62. The molecular weight excluding hydrogens is 294 g/mol. The zero-order valence-electron chi connectivity index (χ0n) is 13.0. The molecule has 3 N–H and O–H groups in total. The molecule has 0 aromatic heterocycles. The van der Waals surface area contributed by atoms with Gasteiger partial charge in [0.15, 0.2) is 0 Å². The Hall–Kier alpha value is -2.37. The predicted molar refractivity (Wildman–Crippen MR) is 87.5 cm³/mol. The molecule has 23 heavy (non-hydrogen) atoms. The summed E-state index contributed by atoms with van der Waals surface area (Å²) < 4.78 is 5.06. The van der Waals surface area contributed by atoms with Crippen molar-refractivity contribution in [3.05, 3.63) is 65.7 Å². The standard InChI is InChI=1S/C18H21NO4/c1-23-16-9-7-15(8-10-16)17(22)19-18(12-20,13-21)11-14-5-3-2-4-6-14/h2-10,20-21H,11-13H2,1H3,(H,19,22). The minimum Gasteiger partial charge on any atom is -0.497 e. The van der Waals surface area contributed by atoms with Gasteiger partial charge in [-0.25, -0.2) is 0 Å². The average molecular weight is 315 g/mol. The van der Waals surface area contributed by atoms with Gasteiger partial charge in [-0.05, 0) is 29.8 Å². The number of nitrogens with one attached hydrogen (secondary N) is 1. The van der Waals surface area contributed by atoms with E-state index in [0.29, 0.717) is 17.7 Å². The molecule has 0 aliphatic heterocycles. The van der Waals surface area contributed by atoms with Gasteiger partial charge in [0, 0.05) is 12.0 Å². The molecule has 0 radical (unpaired) electrons. The van der Waals surface area contributed by atoms with Crippen LogP contribution >= 0.6 is 0 Å². The molecule has 2 aromatic rings. The Morgan fingerprint density at radius 1 is 1.04 bits per heavy atom. The number of aliphatic hydroxyl groups is 2. The zero-order valence-corrected chi connectivity index (χ0v) is 13.0. The molecule has 0 saturated carbocycles. The number of amides is 1. The molecule has 5 nitrogen and oxygen atoms in total. The second-order valence-corrected chi connectivity index (χ2v) is 5.44. The SMILES string of the molecule is COc1ccc(C(=O)NC(CO)(CO)Cc2ccccc2)cc1. The van der Waals surface area contributed by atoms with E-state index in [1.165, 1.54) is 0 Å². The van der Waals surface area contributed by atoms with Crippen molar-refractivity contribution in [2.75, 3.05) is 20.3 Å². The fraction of sp³-hybridized carbons (Fsp3) is 0.278. The first-order valence-corrected chi connectivity index (χ1v) is 7.35. The van der Waals surface area contributed by atoms with Gasteiger partial charge in [-0.3, -0.25) is 4.79 Å². The van der Waals surface area contributed by atoms with Crippen molar-refractivity contribution in [2.24, 2.45) is 0 Å². The van der Waals surface area contributed by atoms with Gasteiger partial charge in [0.1, 0.15) is 5.75 Å². The Balaban J connectivity index is 2.15. The number of ether oxygens (including phenoxy) is 1. The molecule has 0 saturated heterocycles. The van der Waals surface area contributed by atoms with E-state index in [0.717, 1.165) is 5.56 Å². The van der Waals surface area contributed by atoms with E-state index in [-0.39, 0.29) is 19.1 Å². The van der Waals surface area contributed by atoms with E-state index < -0.39 is 5.54 Å². The van der Waals surface area contributed by atoms with Gasteiger partial charge >= 0.3 is 0 Å². The maximum Gasteiger partial charge on any atom is 0.251 e. The van der Waals surface area contributed by atoms with E-state index in [4.69, 9.17) is 4.74 Å². The third-order valence-electron chi connectivity index (χ3n) is 3.72. The Bertz CT molecular complexity index is 621. The first kappa shape index (κ1) is 17.0. The number of aliphatic hydroxyl groups excluding tert-OH is 2. The summed E-state index contributed by atoms with van der Waals surface area (Å²) in [4.78, 5) is 12.4. The molecule has 0 bridgehead atoms. The van der Waals surface area contributed by atoms with E-state index >= 15 is 0 Å². The van der Waals surface area contributed by atoms with Crippen LogP contribution in [0.4, 0.5) is 0 Å². The van der Waals surface area contributed by atoms with Crippen LogP contribution in [0, 0.1) is 0 Å². The van der Waals surface area contributed by atoms with Crippen LogP contribution in [0.2, 0.25) is 0 Å². The molecule has 0 atom stereocenters. The lowest BCUT2D eigenvalue weighted by Gasteiger charge is -2.31. The molecule has 0 spiro atoms. The van der Waals surface area contributed by atoms with Crippen molar-refractivity contribution in [1.82, 2.24) is 5.32 Å². The normalized spacial score (nSPS) is 11.1. The monoisotopic (exact) mass is 315 g/mol. The van der Waals surface area contributed by atoms with Crippen LogP contribution < -0.4 is 10.1 Å². The summed E-state index contributed by atoms with van der Waals surface area (Å²) in [6.45, 7) is -0.722. The summed E-state index contributed by atoms with van der Waals surface area (Å²) in [5, 5.41) is 22.2. The summed E-state index contributed by atoms with van der Waals surface area (Å²) >= 11 is 0. The fourth-order valence-electron chi connectivity index (χ4n) is 2.33. The van der Waals surface area contributed by atoms with Crippen LogP contribution in [0.1, 0.15) is 15.9 Å². The molecule has 2 aromatic carbocycles. The zero-order chi connectivity index (χ0) is 16.7. The molecular formula is C18H21NO4. The van der Waals surface area contributed by atoms with Crippen molar-refractivity contribution >= 4 is 5.91 Å². The maximum atomic E-state index is 12.4. The van der Waals surface area contributed by atoms with Crippen LogP contribution in [-0.4, -0.2) is 42.0 Å². The minimum atomic E-state index is -1.11. The summed E-state index contributed by atoms with van der Waals surface area (Å²) in [6, 6.07) is 16.1. The molecule has 0 aliphatic carbocycles. The van der Waals surface area contributed by atoms with Crippen LogP contribution in [-0.2, 0) is 6.42 Å². The molecule has 0 aliphatic rings. The first-order valence-electron chi connectivity index (χ1n) is 7.35. The molecule has 0 unspecified atom stereocenters. The summed E-state index contributed by atoms with van der Waals surface area (Å²) in [5.74, 6) is 0.299. The number of hydrogen-bond acceptors (Lipinski definition) is 4. The lowest BCUT2D eigenvalue weighted by Crippen LogP contribution is -2.55. The van der Waals surface area contributed by atoms with Crippen LogP contribution in [0.15, 0.2) is 54.6 Å². The Labute approximate surface area is 135 Å². The van der Waals surface area contributed by atoms with Crippen molar-refractivity contribution < 1.29 is 19.7 Å². The van der Waals surface area contributed by atoms with Gasteiger partial charge in [-0.1, -0.05) is 30.3 Å². The number of hydrogen-bond donors (Lipinski definition) is 3. The molecule has 0 fully saturated rings. The van der Waals surface area contributed by atoms with Gasteiger partial charge in [0.05, 0.1) is 25.9 Å². The van der Waals surface area contributed by atoms with E-state index in [2.05, 4.69) is 5.32 Å². The predicted octanol–water partition coefficient (Wildman–Crippen LogP) is 1.39. The van der Waals surface area contributed by atoms with Crippen LogP contribution in [0.5, 0.6) is 5.75 Å². The molecule has 5 heteroatoms. The van der Waals surface area contributed by atoms with Gasteiger partial charge in [0.25, 0.3) is 5.91 Å². The first-order chi connectivity index (χ1) is 11.1. The van der Waals surface area contributed by atoms with Crippen molar-refractivity contribution in [3.63, 3.8) is 0 Å².